The SMILES string of the molecule is COc1ccc(Oc2ncc(C(F)(F)F)cc2C(=O)Nc2cccc(S(C)(=O)=O)c2)c(OC)c1. The van der Waals surface area contributed by atoms with Crippen LogP contribution in [0, 0.1) is 0 Å². The number of benzene rings is 2. The van der Waals surface area contributed by atoms with Gasteiger partial charge in [-0.15, -0.1) is 0 Å². The van der Waals surface area contributed by atoms with Crippen molar-refractivity contribution in [1.29, 1.82) is 0 Å². The van der Waals surface area contributed by atoms with Gasteiger partial charge >= 0.3 is 6.18 Å². The third kappa shape index (κ3) is 5.76. The van der Waals surface area contributed by atoms with Crippen LogP contribution in [0.25, 0.3) is 0 Å². The van der Waals surface area contributed by atoms with Crippen molar-refractivity contribution in [3.63, 3.8) is 0 Å². The Labute approximate surface area is 193 Å². The number of rotatable bonds is 7. The minimum absolute atomic E-state index is 0.0540. The molecule has 1 heterocycles. The van der Waals surface area contributed by atoms with E-state index in [1.807, 2.05) is 0 Å². The summed E-state index contributed by atoms with van der Waals surface area (Å²) in [6.07, 6.45) is -3.25. The summed E-state index contributed by atoms with van der Waals surface area (Å²) in [5.41, 5.74) is -1.65. The van der Waals surface area contributed by atoms with Gasteiger partial charge in [0, 0.05) is 24.2 Å². The maximum absolute atomic E-state index is 13.3. The lowest BCUT2D eigenvalue weighted by Gasteiger charge is -2.15. The molecule has 3 aromatic rings. The normalized spacial score (nSPS) is 11.6. The number of halogens is 3. The molecule has 0 saturated heterocycles. The Morgan fingerprint density at radius 1 is 1.00 bits per heavy atom. The zero-order valence-electron chi connectivity index (χ0n) is 18.1. The van der Waals surface area contributed by atoms with Gasteiger partial charge in [0.2, 0.25) is 5.88 Å². The number of amides is 1. The molecule has 0 radical (unpaired) electrons. The molecule has 2 aromatic carbocycles. The number of nitrogens with one attached hydrogen (secondary N) is 1. The summed E-state index contributed by atoms with van der Waals surface area (Å²) >= 11 is 0. The summed E-state index contributed by atoms with van der Waals surface area (Å²) in [6, 6.07) is 10.3. The topological polar surface area (TPSA) is 104 Å². The lowest BCUT2D eigenvalue weighted by atomic mass is 10.1. The molecule has 0 aliphatic rings. The van der Waals surface area contributed by atoms with E-state index in [0.717, 1.165) is 6.26 Å². The van der Waals surface area contributed by atoms with Gasteiger partial charge in [-0.25, -0.2) is 13.4 Å². The number of hydrogen-bond acceptors (Lipinski definition) is 7. The van der Waals surface area contributed by atoms with Crippen LogP contribution in [0.4, 0.5) is 18.9 Å². The van der Waals surface area contributed by atoms with Crippen LogP contribution in [0.15, 0.2) is 59.6 Å². The van der Waals surface area contributed by atoms with E-state index in [0.29, 0.717) is 18.0 Å². The summed E-state index contributed by atoms with van der Waals surface area (Å²) < 4.78 is 79.3. The van der Waals surface area contributed by atoms with Crippen molar-refractivity contribution in [2.75, 3.05) is 25.8 Å². The standard InChI is InChI=1S/C22H19F3N2O6S/c1-31-15-7-8-18(19(11-15)32-2)33-21-17(9-13(12-26-21)22(23,24)25)20(28)27-14-5-4-6-16(10-14)34(3,29)30/h4-12H,1-3H3,(H,27,28). The van der Waals surface area contributed by atoms with Crippen LogP contribution in [-0.4, -0.2) is 39.8 Å². The maximum Gasteiger partial charge on any atom is 0.417 e. The summed E-state index contributed by atoms with van der Waals surface area (Å²) in [4.78, 5) is 16.5. The van der Waals surface area contributed by atoms with Crippen LogP contribution in [0.2, 0.25) is 0 Å². The van der Waals surface area contributed by atoms with Crippen LogP contribution >= 0.6 is 0 Å². The van der Waals surface area contributed by atoms with Crippen LogP contribution in [0.5, 0.6) is 23.1 Å². The molecule has 0 bridgehead atoms. The van der Waals surface area contributed by atoms with E-state index < -0.39 is 38.9 Å². The second kappa shape index (κ2) is 9.59. The maximum atomic E-state index is 13.3. The lowest BCUT2D eigenvalue weighted by molar-refractivity contribution is -0.137. The van der Waals surface area contributed by atoms with Crippen molar-refractivity contribution in [1.82, 2.24) is 4.98 Å². The van der Waals surface area contributed by atoms with Gasteiger partial charge in [0.05, 0.1) is 24.7 Å². The summed E-state index contributed by atoms with van der Waals surface area (Å²) in [5, 5.41) is 2.38. The van der Waals surface area contributed by atoms with Crippen molar-refractivity contribution in [2.45, 2.75) is 11.1 Å². The molecular formula is C22H19F3N2O6S. The van der Waals surface area contributed by atoms with Gasteiger partial charge in [0.25, 0.3) is 5.91 Å². The molecule has 0 spiro atoms. The Bertz CT molecular complexity index is 1330. The highest BCUT2D eigenvalue weighted by Crippen LogP contribution is 2.37. The highest BCUT2D eigenvalue weighted by molar-refractivity contribution is 7.90. The van der Waals surface area contributed by atoms with Gasteiger partial charge in [0.15, 0.2) is 21.3 Å². The number of sulfone groups is 1. The largest absolute Gasteiger partial charge is 0.497 e. The number of carbonyl (C=O) groups excluding carboxylic acids is 1. The number of hydrogen-bond donors (Lipinski definition) is 1. The van der Waals surface area contributed by atoms with Crippen LogP contribution in [0.3, 0.4) is 0 Å². The number of ether oxygens (including phenoxy) is 3. The zero-order valence-corrected chi connectivity index (χ0v) is 19.0. The molecule has 3 rings (SSSR count). The molecule has 0 saturated carbocycles. The first kappa shape index (κ1) is 24.8. The average Bonchev–Trinajstić information content (AvgIpc) is 2.78. The third-order valence-corrected chi connectivity index (χ3v) is 5.63. The quantitative estimate of drug-likeness (QED) is 0.511. The Balaban J connectivity index is 2.02. The van der Waals surface area contributed by atoms with Gasteiger partial charge in [-0.3, -0.25) is 4.79 Å². The molecule has 0 unspecified atom stereocenters. The van der Waals surface area contributed by atoms with Crippen molar-refractivity contribution >= 4 is 21.4 Å². The van der Waals surface area contributed by atoms with Crippen LogP contribution < -0.4 is 19.5 Å². The van der Waals surface area contributed by atoms with Crippen molar-refractivity contribution in [2.24, 2.45) is 0 Å². The number of alkyl halides is 3. The molecule has 1 N–H and O–H groups in total. The van der Waals surface area contributed by atoms with Gasteiger partial charge in [-0.05, 0) is 36.4 Å². The van der Waals surface area contributed by atoms with E-state index in [-0.39, 0.29) is 22.1 Å². The van der Waals surface area contributed by atoms with Gasteiger partial charge in [0.1, 0.15) is 11.3 Å². The monoisotopic (exact) mass is 496 g/mol. The highest BCUT2D eigenvalue weighted by Gasteiger charge is 2.33. The Morgan fingerprint density at radius 3 is 2.35 bits per heavy atom. The number of methoxy groups -OCH3 is 2. The Kier molecular flexibility index (Phi) is 7.01. The number of carbonyl (C=O) groups is 1. The second-order valence-electron chi connectivity index (χ2n) is 6.95. The lowest BCUT2D eigenvalue weighted by Crippen LogP contribution is -2.16. The molecule has 0 aliphatic carbocycles. The van der Waals surface area contributed by atoms with Crippen molar-refractivity contribution < 1.29 is 40.6 Å². The molecule has 0 fully saturated rings. The minimum atomic E-state index is -4.77. The molecule has 34 heavy (non-hydrogen) atoms. The fourth-order valence-electron chi connectivity index (χ4n) is 2.82. The van der Waals surface area contributed by atoms with Crippen LogP contribution in [0.1, 0.15) is 15.9 Å². The number of pyridine rings is 1. The number of nitrogens with zero attached hydrogens (tertiary/aromatic N) is 1. The van der Waals surface area contributed by atoms with E-state index in [4.69, 9.17) is 14.2 Å². The average molecular weight is 496 g/mol. The summed E-state index contributed by atoms with van der Waals surface area (Å²) in [6.45, 7) is 0. The number of aromatic nitrogens is 1. The summed E-state index contributed by atoms with van der Waals surface area (Å²) in [7, 11) is -0.786. The van der Waals surface area contributed by atoms with E-state index in [1.165, 1.54) is 56.7 Å². The first-order chi connectivity index (χ1) is 15.9. The van der Waals surface area contributed by atoms with E-state index >= 15 is 0 Å². The smallest absolute Gasteiger partial charge is 0.417 e. The molecule has 1 amide bonds. The predicted octanol–water partition coefficient (Wildman–Crippen LogP) is 4.57. The van der Waals surface area contributed by atoms with Gasteiger partial charge in [-0.2, -0.15) is 13.2 Å². The van der Waals surface area contributed by atoms with Crippen molar-refractivity contribution in [3.05, 3.63) is 65.9 Å². The third-order valence-electron chi connectivity index (χ3n) is 4.52. The Hall–Kier alpha value is -3.80. The zero-order chi connectivity index (χ0) is 25.1. The van der Waals surface area contributed by atoms with E-state index in [2.05, 4.69) is 10.3 Å². The number of anilines is 1. The first-order valence-electron chi connectivity index (χ1n) is 9.51. The second-order valence-corrected chi connectivity index (χ2v) is 8.96. The molecule has 0 atom stereocenters. The molecular weight excluding hydrogens is 477 g/mol. The van der Waals surface area contributed by atoms with E-state index in [9.17, 15) is 26.4 Å². The first-order valence-corrected chi connectivity index (χ1v) is 11.4. The Morgan fingerprint density at radius 2 is 1.74 bits per heavy atom. The van der Waals surface area contributed by atoms with Crippen LogP contribution in [-0.2, 0) is 16.0 Å². The molecule has 180 valence electrons. The van der Waals surface area contributed by atoms with Gasteiger partial charge < -0.3 is 19.5 Å². The molecule has 8 nitrogen and oxygen atoms in total. The molecule has 1 aromatic heterocycles. The predicted molar refractivity (Wildman–Crippen MR) is 116 cm³/mol. The fraction of sp³-hybridized carbons (Fsp3) is 0.182. The van der Waals surface area contributed by atoms with E-state index in [1.54, 1.807) is 0 Å². The van der Waals surface area contributed by atoms with Crippen molar-refractivity contribution in [3.8, 4) is 23.1 Å². The highest BCUT2D eigenvalue weighted by atomic mass is 32.2. The fourth-order valence-corrected chi connectivity index (χ4v) is 3.48. The summed E-state index contributed by atoms with van der Waals surface area (Å²) in [5.74, 6) is -0.717. The minimum Gasteiger partial charge on any atom is -0.497 e. The molecule has 0 aliphatic heterocycles. The molecule has 12 heteroatoms. The van der Waals surface area contributed by atoms with Gasteiger partial charge in [-0.1, -0.05) is 6.07 Å².